The van der Waals surface area contributed by atoms with Crippen LogP contribution in [0.2, 0.25) is 0 Å². The summed E-state index contributed by atoms with van der Waals surface area (Å²) in [6.07, 6.45) is 8.76. The van der Waals surface area contributed by atoms with Crippen LogP contribution in [0.15, 0.2) is 24.3 Å². The fourth-order valence-corrected chi connectivity index (χ4v) is 7.07. The zero-order valence-electron chi connectivity index (χ0n) is 18.5. The first-order valence-electron chi connectivity index (χ1n) is 12.2. The Morgan fingerprint density at radius 1 is 0.867 bits per heavy atom. The van der Waals surface area contributed by atoms with Crippen molar-refractivity contribution >= 4 is 0 Å². The second-order valence-corrected chi connectivity index (χ2v) is 10.3. The van der Waals surface area contributed by atoms with Crippen molar-refractivity contribution in [3.05, 3.63) is 29.8 Å². The Hall–Kier alpha value is -1.19. The molecule has 3 atom stereocenters. The molecule has 3 saturated carbocycles. The molecule has 0 radical (unpaired) electrons. The van der Waals surface area contributed by atoms with E-state index in [0.717, 1.165) is 41.1 Å². The molecule has 0 heterocycles. The van der Waals surface area contributed by atoms with Crippen molar-refractivity contribution < 1.29 is 17.9 Å². The van der Waals surface area contributed by atoms with Gasteiger partial charge in [0.1, 0.15) is 5.75 Å². The first kappa shape index (κ1) is 22.0. The molecule has 0 N–H and O–H groups in total. The topological polar surface area (TPSA) is 9.23 Å². The van der Waals surface area contributed by atoms with Gasteiger partial charge in [0.2, 0.25) is 0 Å². The van der Waals surface area contributed by atoms with Gasteiger partial charge in [0.05, 0.1) is 0 Å². The average Bonchev–Trinajstić information content (AvgIpc) is 3.43. The van der Waals surface area contributed by atoms with Gasteiger partial charge < -0.3 is 4.74 Å². The lowest BCUT2D eigenvalue weighted by Gasteiger charge is -2.34. The molecule has 3 aliphatic carbocycles. The summed E-state index contributed by atoms with van der Waals surface area (Å²) in [6, 6.07) is 6.57. The lowest BCUT2D eigenvalue weighted by Crippen LogP contribution is -2.21. The molecule has 0 saturated heterocycles. The maximum absolute atomic E-state index is 12.3. The van der Waals surface area contributed by atoms with Gasteiger partial charge in [0.25, 0.3) is 0 Å². The van der Waals surface area contributed by atoms with Crippen molar-refractivity contribution in [2.45, 2.75) is 90.3 Å². The number of alkyl halides is 3. The van der Waals surface area contributed by atoms with E-state index < -0.39 is 6.36 Å². The Kier molecular flexibility index (Phi) is 6.70. The highest BCUT2D eigenvalue weighted by Crippen LogP contribution is 2.60. The second kappa shape index (κ2) is 9.12. The normalized spacial score (nSPS) is 35.2. The molecule has 3 fully saturated rings. The molecule has 0 spiro atoms. The summed E-state index contributed by atoms with van der Waals surface area (Å²) in [7, 11) is 0. The molecule has 30 heavy (non-hydrogen) atoms. The van der Waals surface area contributed by atoms with E-state index >= 15 is 0 Å². The Morgan fingerprint density at radius 3 is 1.90 bits per heavy atom. The van der Waals surface area contributed by atoms with Gasteiger partial charge in [-0.25, -0.2) is 0 Å². The predicted octanol–water partition coefficient (Wildman–Crippen LogP) is 8.35. The van der Waals surface area contributed by atoms with Crippen molar-refractivity contribution in [1.29, 1.82) is 0 Å². The number of halogens is 3. The molecule has 4 heteroatoms. The minimum Gasteiger partial charge on any atom is -0.406 e. The number of rotatable bonds is 6. The number of hydrogen-bond donors (Lipinski definition) is 0. The lowest BCUT2D eigenvalue weighted by atomic mass is 9.71. The van der Waals surface area contributed by atoms with Crippen molar-refractivity contribution in [2.24, 2.45) is 35.5 Å². The third-order valence-electron chi connectivity index (χ3n) is 8.56. The van der Waals surface area contributed by atoms with Gasteiger partial charge in [0.15, 0.2) is 0 Å². The van der Waals surface area contributed by atoms with E-state index in [1.54, 1.807) is 0 Å². The maximum Gasteiger partial charge on any atom is 0.573 e. The molecule has 3 aliphatic rings. The van der Waals surface area contributed by atoms with Gasteiger partial charge in [-0.1, -0.05) is 38.8 Å². The highest BCUT2D eigenvalue weighted by Gasteiger charge is 2.52. The predicted molar refractivity (Wildman–Crippen MR) is 114 cm³/mol. The van der Waals surface area contributed by atoms with E-state index in [1.165, 1.54) is 76.3 Å². The van der Waals surface area contributed by atoms with Gasteiger partial charge in [-0.15, -0.1) is 13.2 Å². The number of ether oxygens (including phenoxy) is 1. The van der Waals surface area contributed by atoms with Crippen LogP contribution in [-0.4, -0.2) is 6.36 Å². The van der Waals surface area contributed by atoms with Crippen LogP contribution in [0.5, 0.6) is 5.75 Å². The SMILES string of the molecule is CCCC(C)C1C2CCC(C3CCC(c4ccc(OC(F)(F)F)cc4)CC3)CCC21. The molecule has 0 aliphatic heterocycles. The third kappa shape index (κ3) is 5.16. The standard InChI is InChI=1S/C26H37F3O/c1-3-4-17(2)25-23-15-11-21(12-16-24(23)25)19-7-5-18(6-8-19)20-9-13-22(14-10-20)30-26(27,28)29/h9-10,13-14,17-19,21,23-25H,3-8,11-12,15-16H2,1-2H3. The van der Waals surface area contributed by atoms with Gasteiger partial charge >= 0.3 is 6.36 Å². The van der Waals surface area contributed by atoms with E-state index in [1.807, 2.05) is 12.1 Å². The minimum absolute atomic E-state index is 0.122. The molecule has 4 rings (SSSR count). The molecule has 0 bridgehead atoms. The van der Waals surface area contributed by atoms with Crippen molar-refractivity contribution in [3.8, 4) is 5.75 Å². The van der Waals surface area contributed by atoms with E-state index in [2.05, 4.69) is 18.6 Å². The smallest absolute Gasteiger partial charge is 0.406 e. The zero-order valence-corrected chi connectivity index (χ0v) is 18.5. The van der Waals surface area contributed by atoms with Crippen LogP contribution >= 0.6 is 0 Å². The summed E-state index contributed by atoms with van der Waals surface area (Å²) in [5, 5.41) is 0. The lowest BCUT2D eigenvalue weighted by molar-refractivity contribution is -0.274. The molecule has 3 unspecified atom stereocenters. The summed E-state index contributed by atoms with van der Waals surface area (Å²) in [5.74, 6) is 6.11. The van der Waals surface area contributed by atoms with E-state index in [-0.39, 0.29) is 5.75 Å². The highest BCUT2D eigenvalue weighted by atomic mass is 19.4. The van der Waals surface area contributed by atoms with Crippen LogP contribution in [0, 0.1) is 35.5 Å². The number of fused-ring (bicyclic) bond motifs is 1. The van der Waals surface area contributed by atoms with Crippen LogP contribution in [0.3, 0.4) is 0 Å². The molecular formula is C26H37F3O. The molecular weight excluding hydrogens is 385 g/mol. The first-order chi connectivity index (χ1) is 14.4. The first-order valence-corrected chi connectivity index (χ1v) is 12.2. The number of benzene rings is 1. The minimum atomic E-state index is -4.62. The summed E-state index contributed by atoms with van der Waals surface area (Å²) < 4.78 is 41.0. The molecule has 1 aromatic rings. The van der Waals surface area contributed by atoms with Crippen LogP contribution in [0.25, 0.3) is 0 Å². The average molecular weight is 423 g/mol. The Morgan fingerprint density at radius 2 is 1.40 bits per heavy atom. The maximum atomic E-state index is 12.3. The summed E-state index contributed by atoms with van der Waals surface area (Å²) in [5.41, 5.74) is 1.16. The number of hydrogen-bond acceptors (Lipinski definition) is 1. The van der Waals surface area contributed by atoms with Crippen molar-refractivity contribution in [2.75, 3.05) is 0 Å². The van der Waals surface area contributed by atoms with Crippen LogP contribution in [0.4, 0.5) is 13.2 Å². The van der Waals surface area contributed by atoms with Gasteiger partial charge in [-0.05, 0) is 110 Å². The largest absolute Gasteiger partial charge is 0.573 e. The molecule has 1 nitrogen and oxygen atoms in total. The van der Waals surface area contributed by atoms with E-state index in [0.29, 0.717) is 5.92 Å². The zero-order chi connectivity index (χ0) is 21.3. The van der Waals surface area contributed by atoms with Crippen molar-refractivity contribution in [3.63, 3.8) is 0 Å². The second-order valence-electron chi connectivity index (χ2n) is 10.3. The van der Waals surface area contributed by atoms with E-state index in [4.69, 9.17) is 0 Å². The molecule has 0 aromatic heterocycles. The molecule has 168 valence electrons. The van der Waals surface area contributed by atoms with Crippen LogP contribution in [0.1, 0.15) is 89.5 Å². The van der Waals surface area contributed by atoms with Crippen LogP contribution in [-0.2, 0) is 0 Å². The third-order valence-corrected chi connectivity index (χ3v) is 8.56. The quantitative estimate of drug-likeness (QED) is 0.447. The molecule has 1 aromatic carbocycles. The van der Waals surface area contributed by atoms with Crippen LogP contribution < -0.4 is 4.74 Å². The summed E-state index contributed by atoms with van der Waals surface area (Å²) in [4.78, 5) is 0. The van der Waals surface area contributed by atoms with Gasteiger partial charge in [-0.3, -0.25) is 0 Å². The monoisotopic (exact) mass is 422 g/mol. The van der Waals surface area contributed by atoms with Crippen molar-refractivity contribution in [1.82, 2.24) is 0 Å². The van der Waals surface area contributed by atoms with Gasteiger partial charge in [0, 0.05) is 0 Å². The summed E-state index contributed by atoms with van der Waals surface area (Å²) >= 11 is 0. The van der Waals surface area contributed by atoms with Gasteiger partial charge in [-0.2, -0.15) is 0 Å². The van der Waals surface area contributed by atoms with E-state index in [9.17, 15) is 13.2 Å². The Balaban J connectivity index is 1.24. The summed E-state index contributed by atoms with van der Waals surface area (Å²) in [6.45, 7) is 4.79. The highest BCUT2D eigenvalue weighted by molar-refractivity contribution is 5.29. The Bertz CT molecular complexity index is 661. The Labute approximate surface area is 179 Å². The fourth-order valence-electron chi connectivity index (χ4n) is 7.07. The fraction of sp³-hybridized carbons (Fsp3) is 0.769. The molecule has 0 amide bonds.